The molecule has 0 aliphatic carbocycles. The van der Waals surface area contributed by atoms with E-state index in [4.69, 9.17) is 0 Å². The average molecular weight is 202 g/mol. The molecule has 0 aliphatic rings. The normalized spacial score (nSPS) is 7.36. The summed E-state index contributed by atoms with van der Waals surface area (Å²) in [7, 11) is 0. The highest BCUT2D eigenvalue weighted by atomic mass is 32.1. The Morgan fingerprint density at radius 3 is 1.57 bits per heavy atom. The lowest BCUT2D eigenvalue weighted by molar-refractivity contribution is 1.48. The summed E-state index contributed by atoms with van der Waals surface area (Å²) in [5.74, 6) is 0. The molecule has 0 nitrogen and oxygen atoms in total. The van der Waals surface area contributed by atoms with Crippen LogP contribution in [0.15, 0.2) is 53.2 Å². The molecule has 1 aromatic heterocycles. The first-order chi connectivity index (χ1) is 6.89. The summed E-state index contributed by atoms with van der Waals surface area (Å²) in [5, 5.41) is 4.08. The number of rotatable bonds is 0. The quantitative estimate of drug-likeness (QED) is 0.567. The number of terminal acetylenes is 1. The Morgan fingerprint density at radius 2 is 1.36 bits per heavy atom. The zero-order valence-electron chi connectivity index (χ0n) is 8.26. The Morgan fingerprint density at radius 1 is 0.857 bits per heavy atom. The fraction of sp³-hybridized carbons (Fsp3) is 0.0769. The molecule has 0 atom stereocenters. The molecule has 0 fully saturated rings. The van der Waals surface area contributed by atoms with Gasteiger partial charge in [0.05, 0.1) is 0 Å². The number of benzene rings is 1. The maximum Gasteiger partial charge on any atom is -0.00934 e. The number of hydrogen-bond acceptors (Lipinski definition) is 1. The molecule has 0 saturated carbocycles. The van der Waals surface area contributed by atoms with Gasteiger partial charge in [-0.25, -0.2) is 0 Å². The minimum atomic E-state index is 1.32. The van der Waals surface area contributed by atoms with Crippen LogP contribution in [0, 0.1) is 19.8 Å². The SMILES string of the molecule is C#C.Cc1ccccc1.c1ccsc1. The van der Waals surface area contributed by atoms with Crippen LogP contribution in [0.25, 0.3) is 0 Å². The molecule has 1 aromatic carbocycles. The third kappa shape index (κ3) is 7.15. The Balaban J connectivity index is 0.000000213. The van der Waals surface area contributed by atoms with Gasteiger partial charge < -0.3 is 0 Å². The molecular formula is C13H14S. The number of aryl methyl sites for hydroxylation is 1. The van der Waals surface area contributed by atoms with Crippen molar-refractivity contribution in [3.8, 4) is 12.8 Å². The van der Waals surface area contributed by atoms with Gasteiger partial charge in [-0.3, -0.25) is 0 Å². The molecule has 2 rings (SSSR count). The summed E-state index contributed by atoms with van der Waals surface area (Å²) in [6.45, 7) is 2.08. The van der Waals surface area contributed by atoms with Gasteiger partial charge in [0.1, 0.15) is 0 Å². The fourth-order valence-electron chi connectivity index (χ4n) is 0.761. The summed E-state index contributed by atoms with van der Waals surface area (Å²) in [4.78, 5) is 0. The molecule has 2 aromatic rings. The summed E-state index contributed by atoms with van der Waals surface area (Å²) < 4.78 is 0. The van der Waals surface area contributed by atoms with Crippen LogP contribution in [0.1, 0.15) is 5.56 Å². The van der Waals surface area contributed by atoms with Gasteiger partial charge in [0.25, 0.3) is 0 Å². The smallest absolute Gasteiger partial charge is 0.00934 e. The molecular weight excluding hydrogens is 188 g/mol. The second-order valence-corrected chi connectivity index (χ2v) is 3.26. The van der Waals surface area contributed by atoms with Gasteiger partial charge >= 0.3 is 0 Å². The van der Waals surface area contributed by atoms with Crippen LogP contribution < -0.4 is 0 Å². The maximum atomic E-state index is 4.00. The first-order valence-electron chi connectivity index (χ1n) is 4.22. The van der Waals surface area contributed by atoms with E-state index in [-0.39, 0.29) is 0 Å². The van der Waals surface area contributed by atoms with Gasteiger partial charge in [0, 0.05) is 0 Å². The molecule has 0 unspecified atom stereocenters. The van der Waals surface area contributed by atoms with E-state index in [1.54, 1.807) is 11.3 Å². The van der Waals surface area contributed by atoms with Crippen molar-refractivity contribution in [3.63, 3.8) is 0 Å². The van der Waals surface area contributed by atoms with E-state index in [9.17, 15) is 0 Å². The van der Waals surface area contributed by atoms with E-state index in [2.05, 4.69) is 31.9 Å². The first-order valence-corrected chi connectivity index (χ1v) is 5.16. The molecule has 72 valence electrons. The second-order valence-electron chi connectivity index (χ2n) is 2.45. The van der Waals surface area contributed by atoms with Crippen LogP contribution in [0.5, 0.6) is 0 Å². The van der Waals surface area contributed by atoms with Gasteiger partial charge in [-0.05, 0) is 17.7 Å². The van der Waals surface area contributed by atoms with Crippen molar-refractivity contribution in [1.82, 2.24) is 0 Å². The Hall–Kier alpha value is -1.52. The van der Waals surface area contributed by atoms with Crippen LogP contribution in [0.2, 0.25) is 0 Å². The van der Waals surface area contributed by atoms with Gasteiger partial charge in [-0.2, -0.15) is 11.3 Å². The van der Waals surface area contributed by atoms with Crippen molar-refractivity contribution in [3.05, 3.63) is 58.8 Å². The third-order valence-electron chi connectivity index (χ3n) is 1.37. The topological polar surface area (TPSA) is 0 Å². The predicted molar refractivity (Wildman–Crippen MR) is 65.4 cm³/mol. The Labute approximate surface area is 90.2 Å². The van der Waals surface area contributed by atoms with Gasteiger partial charge in [0.15, 0.2) is 0 Å². The van der Waals surface area contributed by atoms with Gasteiger partial charge in [0.2, 0.25) is 0 Å². The maximum absolute atomic E-state index is 4.00. The lowest BCUT2D eigenvalue weighted by Gasteiger charge is -1.82. The third-order valence-corrected chi connectivity index (χ3v) is 1.99. The van der Waals surface area contributed by atoms with E-state index in [0.29, 0.717) is 0 Å². The molecule has 0 amide bonds. The van der Waals surface area contributed by atoms with Crippen LogP contribution >= 0.6 is 11.3 Å². The Kier molecular flexibility index (Phi) is 8.53. The Bertz CT molecular complexity index is 288. The second kappa shape index (κ2) is 9.57. The lowest BCUT2D eigenvalue weighted by atomic mass is 10.2. The molecule has 1 heteroatoms. The van der Waals surface area contributed by atoms with E-state index in [0.717, 1.165) is 0 Å². The van der Waals surface area contributed by atoms with Gasteiger partial charge in [-0.15, -0.1) is 12.8 Å². The number of thiophene rings is 1. The van der Waals surface area contributed by atoms with E-state index in [1.165, 1.54) is 5.56 Å². The summed E-state index contributed by atoms with van der Waals surface area (Å²) >= 11 is 1.71. The largest absolute Gasteiger partial charge is 0.152 e. The van der Waals surface area contributed by atoms with Crippen LogP contribution in [-0.4, -0.2) is 0 Å². The van der Waals surface area contributed by atoms with Crippen molar-refractivity contribution in [1.29, 1.82) is 0 Å². The highest BCUT2D eigenvalue weighted by Crippen LogP contribution is 1.92. The van der Waals surface area contributed by atoms with Crippen molar-refractivity contribution < 1.29 is 0 Å². The van der Waals surface area contributed by atoms with E-state index in [1.807, 2.05) is 41.1 Å². The summed E-state index contributed by atoms with van der Waals surface area (Å²) in [6.07, 6.45) is 8.00. The summed E-state index contributed by atoms with van der Waals surface area (Å²) in [6, 6.07) is 14.3. The van der Waals surface area contributed by atoms with Crippen LogP contribution in [-0.2, 0) is 0 Å². The molecule has 0 aliphatic heterocycles. The minimum Gasteiger partial charge on any atom is -0.152 e. The minimum absolute atomic E-state index is 1.32. The molecule has 0 N–H and O–H groups in total. The standard InChI is InChI=1S/C7H8.C4H4S.C2H2/c1-7-5-3-2-4-6-7;1-2-4-5-3-1;1-2/h2-6H,1H3;1-4H;1-2H. The fourth-order valence-corrected chi connectivity index (χ4v) is 1.21. The zero-order chi connectivity index (χ0) is 10.6. The monoisotopic (exact) mass is 202 g/mol. The molecule has 14 heavy (non-hydrogen) atoms. The van der Waals surface area contributed by atoms with E-state index >= 15 is 0 Å². The first kappa shape index (κ1) is 12.5. The molecule has 1 heterocycles. The van der Waals surface area contributed by atoms with Crippen molar-refractivity contribution >= 4 is 11.3 Å². The lowest BCUT2D eigenvalue weighted by Crippen LogP contribution is -1.62. The highest BCUT2D eigenvalue weighted by Gasteiger charge is 1.72. The molecule has 0 saturated heterocycles. The number of hydrogen-bond donors (Lipinski definition) is 0. The predicted octanol–water partition coefficient (Wildman–Crippen LogP) is 3.99. The molecule has 0 bridgehead atoms. The van der Waals surface area contributed by atoms with Crippen molar-refractivity contribution in [2.24, 2.45) is 0 Å². The van der Waals surface area contributed by atoms with Crippen LogP contribution in [0.3, 0.4) is 0 Å². The van der Waals surface area contributed by atoms with Crippen molar-refractivity contribution in [2.75, 3.05) is 0 Å². The zero-order valence-corrected chi connectivity index (χ0v) is 9.08. The highest BCUT2D eigenvalue weighted by molar-refractivity contribution is 7.07. The average Bonchev–Trinajstić information content (AvgIpc) is 2.80. The molecule has 0 radical (unpaired) electrons. The summed E-state index contributed by atoms with van der Waals surface area (Å²) in [5.41, 5.74) is 1.32. The van der Waals surface area contributed by atoms with Gasteiger partial charge in [-0.1, -0.05) is 48.0 Å². The molecule has 0 spiro atoms. The van der Waals surface area contributed by atoms with E-state index < -0.39 is 0 Å². The van der Waals surface area contributed by atoms with Crippen LogP contribution in [0.4, 0.5) is 0 Å². The van der Waals surface area contributed by atoms with Crippen molar-refractivity contribution in [2.45, 2.75) is 6.92 Å².